The fourth-order valence-electron chi connectivity index (χ4n) is 2.76. The third kappa shape index (κ3) is 9.13. The highest BCUT2D eigenvalue weighted by Gasteiger charge is 2.33. The summed E-state index contributed by atoms with van der Waals surface area (Å²) < 4.78 is 0. The van der Waals surface area contributed by atoms with Crippen LogP contribution in [-0.4, -0.2) is 96.4 Å². The van der Waals surface area contributed by atoms with Crippen LogP contribution in [0.3, 0.4) is 0 Å². The van der Waals surface area contributed by atoms with Crippen molar-refractivity contribution in [2.24, 2.45) is 5.73 Å². The van der Waals surface area contributed by atoms with E-state index in [1.165, 1.54) is 26.4 Å². The monoisotopic (exact) mass is 486 g/mol. The summed E-state index contributed by atoms with van der Waals surface area (Å²) in [4.78, 5) is 66.4. The predicted octanol–water partition coefficient (Wildman–Crippen LogP) is -3.56. The van der Waals surface area contributed by atoms with Crippen LogP contribution < -0.4 is 21.7 Å². The molecule has 10 N–H and O–H groups in total. The molecule has 0 aliphatic carbocycles. The van der Waals surface area contributed by atoms with E-state index in [1.54, 1.807) is 0 Å². The maximum absolute atomic E-state index is 12.9. The number of imidazole rings is 1. The number of hydrogen-bond donors (Lipinski definition) is 9. The molecular weight excluding hydrogens is 456 g/mol. The number of hydrogen-bond acceptors (Lipinski definition) is 9. The van der Waals surface area contributed by atoms with Crippen molar-refractivity contribution in [3.63, 3.8) is 0 Å². The van der Waals surface area contributed by atoms with Crippen LogP contribution in [0.4, 0.5) is 0 Å². The number of aliphatic hydroxyl groups is 2. The molecule has 1 aromatic rings. The van der Waals surface area contributed by atoms with E-state index in [4.69, 9.17) is 10.8 Å². The maximum atomic E-state index is 12.9. The quantitative estimate of drug-likeness (QED) is 0.124. The minimum atomic E-state index is -1.63. The van der Waals surface area contributed by atoms with E-state index in [1.807, 2.05) is 0 Å². The van der Waals surface area contributed by atoms with Crippen molar-refractivity contribution >= 4 is 29.7 Å². The Labute approximate surface area is 194 Å². The first-order chi connectivity index (χ1) is 15.8. The number of H-pyrrole nitrogens is 1. The zero-order valence-electron chi connectivity index (χ0n) is 18.6. The molecule has 1 aromatic heterocycles. The Morgan fingerprint density at radius 2 is 1.59 bits per heavy atom. The number of nitrogens with one attached hydrogen (secondary N) is 4. The molecule has 0 spiro atoms. The van der Waals surface area contributed by atoms with Crippen LogP contribution in [0, 0.1) is 0 Å². The highest BCUT2D eigenvalue weighted by molar-refractivity contribution is 5.94. The average Bonchev–Trinajstić information content (AvgIpc) is 3.25. The summed E-state index contributed by atoms with van der Waals surface area (Å²) in [6.07, 6.45) is -1.05. The number of nitrogens with two attached hydrogens (primary N) is 1. The van der Waals surface area contributed by atoms with Crippen molar-refractivity contribution < 1.29 is 44.4 Å². The molecule has 3 amide bonds. The van der Waals surface area contributed by atoms with Gasteiger partial charge in [0.1, 0.15) is 24.2 Å². The van der Waals surface area contributed by atoms with E-state index in [0.29, 0.717) is 5.69 Å². The third-order valence-corrected chi connectivity index (χ3v) is 4.76. The number of aliphatic hydroxyl groups excluding tert-OH is 2. The van der Waals surface area contributed by atoms with Crippen molar-refractivity contribution in [1.29, 1.82) is 0 Å². The van der Waals surface area contributed by atoms with Crippen LogP contribution in [-0.2, 0) is 30.4 Å². The molecule has 0 aliphatic heterocycles. The summed E-state index contributed by atoms with van der Waals surface area (Å²) in [5, 5.41) is 44.2. The number of nitrogens with zero attached hydrogens (tertiary/aromatic N) is 1. The molecule has 0 bridgehead atoms. The van der Waals surface area contributed by atoms with Crippen LogP contribution in [0.5, 0.6) is 0 Å². The summed E-state index contributed by atoms with van der Waals surface area (Å²) in [5.41, 5.74) is 6.03. The molecule has 190 valence electrons. The first kappa shape index (κ1) is 28.5. The lowest BCUT2D eigenvalue weighted by molar-refractivity contribution is -0.144. The van der Waals surface area contributed by atoms with E-state index in [2.05, 4.69) is 25.9 Å². The summed E-state index contributed by atoms with van der Waals surface area (Å²) in [6.45, 7) is 2.45. The molecular formula is C19H30N6O9. The number of aromatic amines is 1. The van der Waals surface area contributed by atoms with Gasteiger partial charge in [-0.1, -0.05) is 0 Å². The Morgan fingerprint density at radius 3 is 2.06 bits per heavy atom. The Hall–Kier alpha value is -3.56. The molecule has 6 atom stereocenters. The van der Waals surface area contributed by atoms with Gasteiger partial charge in [-0.15, -0.1) is 0 Å². The second-order valence-corrected chi connectivity index (χ2v) is 7.67. The zero-order chi connectivity index (χ0) is 26.0. The van der Waals surface area contributed by atoms with E-state index < -0.39 is 78.9 Å². The molecule has 1 heterocycles. The van der Waals surface area contributed by atoms with Crippen molar-refractivity contribution in [3.8, 4) is 0 Å². The Balaban J connectivity index is 3.01. The van der Waals surface area contributed by atoms with Crippen LogP contribution >= 0.6 is 0 Å². The van der Waals surface area contributed by atoms with Gasteiger partial charge in [0, 0.05) is 24.7 Å². The minimum absolute atomic E-state index is 0.116. The highest BCUT2D eigenvalue weighted by Crippen LogP contribution is 2.05. The van der Waals surface area contributed by atoms with Crippen molar-refractivity contribution in [2.75, 3.05) is 0 Å². The minimum Gasteiger partial charge on any atom is -0.481 e. The van der Waals surface area contributed by atoms with Crippen LogP contribution in [0.15, 0.2) is 12.5 Å². The molecule has 0 saturated carbocycles. The molecule has 0 aliphatic rings. The first-order valence-electron chi connectivity index (χ1n) is 10.3. The lowest BCUT2D eigenvalue weighted by atomic mass is 10.1. The largest absolute Gasteiger partial charge is 0.481 e. The second kappa shape index (κ2) is 13.2. The number of amides is 3. The van der Waals surface area contributed by atoms with Crippen LogP contribution in [0.1, 0.15) is 32.4 Å². The van der Waals surface area contributed by atoms with Crippen molar-refractivity contribution in [2.45, 2.75) is 69.5 Å². The SMILES string of the molecule is CC(O)C(N)C(=O)NC(Cc1cnc[nH]1)C(=O)NC(C(=O)NC(CCC(=O)O)C(=O)O)C(C)O. The Kier molecular flexibility index (Phi) is 11.1. The highest BCUT2D eigenvalue weighted by atomic mass is 16.4. The molecule has 15 heteroatoms. The van der Waals surface area contributed by atoms with Gasteiger partial charge in [0.25, 0.3) is 0 Å². The van der Waals surface area contributed by atoms with Crippen LogP contribution in [0.25, 0.3) is 0 Å². The summed E-state index contributed by atoms with van der Waals surface area (Å²) in [7, 11) is 0. The topological polar surface area (TPSA) is 257 Å². The van der Waals surface area contributed by atoms with Crippen molar-refractivity contribution in [1.82, 2.24) is 25.9 Å². The van der Waals surface area contributed by atoms with Crippen molar-refractivity contribution in [3.05, 3.63) is 18.2 Å². The van der Waals surface area contributed by atoms with Gasteiger partial charge in [0.05, 0.1) is 18.5 Å². The molecule has 0 radical (unpaired) electrons. The molecule has 0 aromatic carbocycles. The molecule has 1 rings (SSSR count). The van der Waals surface area contributed by atoms with Gasteiger partial charge in [-0.2, -0.15) is 0 Å². The number of carbonyl (C=O) groups is 5. The van der Waals surface area contributed by atoms with Crippen LogP contribution in [0.2, 0.25) is 0 Å². The first-order valence-corrected chi connectivity index (χ1v) is 10.3. The van der Waals surface area contributed by atoms with E-state index in [9.17, 15) is 39.3 Å². The molecule has 0 saturated heterocycles. The van der Waals surface area contributed by atoms with Gasteiger partial charge in [0.15, 0.2) is 0 Å². The standard InChI is InChI=1S/C19H30N6O9/c1-8(26)14(20)17(31)24-12(5-10-6-21-7-22-10)16(30)25-15(9(2)27)18(32)23-11(19(33)34)3-4-13(28)29/h6-9,11-12,14-15,26-27H,3-5,20H2,1-2H3,(H,21,22)(H,23,32)(H,24,31)(H,25,30)(H,28,29)(H,33,34). The summed E-state index contributed by atoms with van der Waals surface area (Å²) >= 11 is 0. The summed E-state index contributed by atoms with van der Waals surface area (Å²) in [6, 6.07) is -5.87. The number of aliphatic carboxylic acids is 2. The molecule has 34 heavy (non-hydrogen) atoms. The predicted molar refractivity (Wildman–Crippen MR) is 114 cm³/mol. The van der Waals surface area contributed by atoms with Gasteiger partial charge >= 0.3 is 11.9 Å². The number of rotatable bonds is 14. The maximum Gasteiger partial charge on any atom is 0.326 e. The van der Waals surface area contributed by atoms with Gasteiger partial charge in [-0.3, -0.25) is 19.2 Å². The normalized spacial score (nSPS) is 16.3. The van der Waals surface area contributed by atoms with Gasteiger partial charge in [-0.05, 0) is 20.3 Å². The lowest BCUT2D eigenvalue weighted by Gasteiger charge is -2.26. The Morgan fingerprint density at radius 1 is 0.971 bits per heavy atom. The number of carbonyl (C=O) groups excluding carboxylic acids is 3. The van der Waals surface area contributed by atoms with E-state index >= 15 is 0 Å². The Bertz CT molecular complexity index is 858. The zero-order valence-corrected chi connectivity index (χ0v) is 18.6. The summed E-state index contributed by atoms with van der Waals surface area (Å²) in [5.74, 6) is -5.62. The number of carboxylic acids is 2. The smallest absolute Gasteiger partial charge is 0.326 e. The van der Waals surface area contributed by atoms with Gasteiger partial charge in [-0.25, -0.2) is 9.78 Å². The van der Waals surface area contributed by atoms with Gasteiger partial charge < -0.3 is 47.1 Å². The second-order valence-electron chi connectivity index (χ2n) is 7.67. The fourth-order valence-corrected chi connectivity index (χ4v) is 2.76. The lowest BCUT2D eigenvalue weighted by Crippen LogP contribution is -2.60. The number of carboxylic acid groups (broad SMARTS) is 2. The van der Waals surface area contributed by atoms with E-state index in [0.717, 1.165) is 0 Å². The molecule has 6 unspecified atom stereocenters. The molecule has 15 nitrogen and oxygen atoms in total. The van der Waals surface area contributed by atoms with Gasteiger partial charge in [0.2, 0.25) is 17.7 Å². The number of aromatic nitrogens is 2. The fraction of sp³-hybridized carbons (Fsp3) is 0.579. The third-order valence-electron chi connectivity index (χ3n) is 4.76. The van der Waals surface area contributed by atoms with E-state index in [-0.39, 0.29) is 6.42 Å². The average molecular weight is 486 g/mol. The molecule has 0 fully saturated rings.